The summed E-state index contributed by atoms with van der Waals surface area (Å²) in [6.45, 7) is 6.41. The van der Waals surface area contributed by atoms with Crippen LogP contribution in [0.25, 0.3) is 0 Å². The quantitative estimate of drug-likeness (QED) is 0.750. The lowest BCUT2D eigenvalue weighted by Gasteiger charge is -2.28. The van der Waals surface area contributed by atoms with Crippen LogP contribution < -0.4 is 0 Å². The van der Waals surface area contributed by atoms with Gasteiger partial charge < -0.3 is 9.64 Å². The molecule has 0 radical (unpaired) electrons. The number of benzene rings is 1. The Morgan fingerprint density at radius 1 is 1.43 bits per heavy atom. The van der Waals surface area contributed by atoms with Crippen molar-refractivity contribution in [2.75, 3.05) is 20.3 Å². The van der Waals surface area contributed by atoms with Gasteiger partial charge in [0.2, 0.25) is 0 Å². The predicted octanol–water partition coefficient (Wildman–Crippen LogP) is 2.42. The minimum Gasteiger partial charge on any atom is -0.383 e. The first-order valence-electron chi connectivity index (χ1n) is 6.57. The summed E-state index contributed by atoms with van der Waals surface area (Å²) in [5, 5.41) is 0. The normalized spacial score (nSPS) is 13.0. The van der Waals surface area contributed by atoms with Gasteiger partial charge in [-0.2, -0.15) is 0 Å². The fourth-order valence-corrected chi connectivity index (χ4v) is 2.90. The summed E-state index contributed by atoms with van der Waals surface area (Å²) in [6.07, 6.45) is 0. The maximum absolute atomic E-state index is 12.6. The van der Waals surface area contributed by atoms with Crippen molar-refractivity contribution in [2.45, 2.75) is 31.7 Å². The van der Waals surface area contributed by atoms with Crippen LogP contribution in [-0.2, 0) is 13.8 Å². The van der Waals surface area contributed by atoms with Crippen molar-refractivity contribution in [1.29, 1.82) is 0 Å². The van der Waals surface area contributed by atoms with Crippen LogP contribution in [0, 0.1) is 6.92 Å². The Kier molecular flexibility index (Phi) is 6.19. The average molecular weight is 334 g/mol. The highest BCUT2D eigenvalue weighted by Gasteiger charge is 2.23. The third-order valence-electron chi connectivity index (χ3n) is 3.26. The van der Waals surface area contributed by atoms with Crippen LogP contribution in [0.4, 0.5) is 0 Å². The van der Waals surface area contributed by atoms with Crippen LogP contribution >= 0.6 is 10.7 Å². The van der Waals surface area contributed by atoms with Crippen molar-refractivity contribution >= 4 is 25.6 Å². The van der Waals surface area contributed by atoms with Crippen LogP contribution in [-0.4, -0.2) is 45.5 Å². The van der Waals surface area contributed by atoms with Crippen LogP contribution in [0.5, 0.6) is 0 Å². The minimum absolute atomic E-state index is 0.0754. The number of hydrogen-bond donors (Lipinski definition) is 0. The molecule has 0 bridgehead atoms. The lowest BCUT2D eigenvalue weighted by Crippen LogP contribution is -2.41. The molecule has 1 unspecified atom stereocenters. The van der Waals surface area contributed by atoms with Gasteiger partial charge in [-0.1, -0.05) is 6.07 Å². The molecule has 0 aliphatic rings. The van der Waals surface area contributed by atoms with E-state index in [-0.39, 0.29) is 16.8 Å². The third kappa shape index (κ3) is 4.43. The fraction of sp³-hybridized carbons (Fsp3) is 0.500. The Balaban J connectivity index is 3.22. The molecule has 1 atom stereocenters. The van der Waals surface area contributed by atoms with E-state index >= 15 is 0 Å². The van der Waals surface area contributed by atoms with Crippen molar-refractivity contribution in [1.82, 2.24) is 4.90 Å². The third-order valence-corrected chi connectivity index (χ3v) is 4.61. The van der Waals surface area contributed by atoms with E-state index in [0.717, 1.165) is 0 Å². The van der Waals surface area contributed by atoms with Crippen LogP contribution in [0.15, 0.2) is 23.1 Å². The van der Waals surface area contributed by atoms with E-state index in [1.807, 2.05) is 13.8 Å². The van der Waals surface area contributed by atoms with Crippen LogP contribution in [0.3, 0.4) is 0 Å². The van der Waals surface area contributed by atoms with E-state index in [1.165, 1.54) is 12.1 Å². The molecule has 0 saturated heterocycles. The molecule has 0 N–H and O–H groups in total. The molecule has 0 saturated carbocycles. The van der Waals surface area contributed by atoms with Gasteiger partial charge in [-0.3, -0.25) is 4.79 Å². The van der Waals surface area contributed by atoms with E-state index in [1.54, 1.807) is 25.0 Å². The number of carbonyl (C=O) groups is 1. The van der Waals surface area contributed by atoms with Gasteiger partial charge in [0.25, 0.3) is 15.0 Å². The second-order valence-electron chi connectivity index (χ2n) is 4.81. The minimum atomic E-state index is -3.86. The molecule has 1 amide bonds. The van der Waals surface area contributed by atoms with E-state index in [9.17, 15) is 13.2 Å². The molecular formula is C14H20ClNO4S. The number of carbonyl (C=O) groups excluding carboxylic acids is 1. The topological polar surface area (TPSA) is 63.7 Å². The number of likely N-dealkylation sites (N-methyl/N-ethyl adjacent to an activating group) is 1. The van der Waals surface area contributed by atoms with Crippen molar-refractivity contribution in [3.63, 3.8) is 0 Å². The van der Waals surface area contributed by atoms with Gasteiger partial charge in [0.1, 0.15) is 0 Å². The first-order valence-corrected chi connectivity index (χ1v) is 8.88. The van der Waals surface area contributed by atoms with Gasteiger partial charge in [0.15, 0.2) is 0 Å². The van der Waals surface area contributed by atoms with Crippen molar-refractivity contribution in [3.05, 3.63) is 29.3 Å². The largest absolute Gasteiger partial charge is 0.383 e. The van der Waals surface area contributed by atoms with Crippen LogP contribution in [0.1, 0.15) is 29.8 Å². The van der Waals surface area contributed by atoms with Gasteiger partial charge in [-0.25, -0.2) is 8.42 Å². The van der Waals surface area contributed by atoms with E-state index in [2.05, 4.69) is 0 Å². The fourth-order valence-electron chi connectivity index (χ4n) is 2.12. The maximum atomic E-state index is 12.6. The number of hydrogen-bond acceptors (Lipinski definition) is 4. The number of nitrogens with zero attached hydrogens (tertiary/aromatic N) is 1. The predicted molar refractivity (Wildman–Crippen MR) is 82.3 cm³/mol. The molecule has 21 heavy (non-hydrogen) atoms. The second kappa shape index (κ2) is 7.24. The lowest BCUT2D eigenvalue weighted by atomic mass is 10.1. The lowest BCUT2D eigenvalue weighted by molar-refractivity contribution is 0.0578. The summed E-state index contributed by atoms with van der Waals surface area (Å²) in [5.41, 5.74) is 1.04. The molecule has 0 heterocycles. The Morgan fingerprint density at radius 3 is 2.52 bits per heavy atom. The summed E-state index contributed by atoms with van der Waals surface area (Å²) in [6, 6.07) is 4.19. The van der Waals surface area contributed by atoms with Gasteiger partial charge in [0.05, 0.1) is 17.5 Å². The highest BCUT2D eigenvalue weighted by atomic mass is 35.7. The molecule has 5 nitrogen and oxygen atoms in total. The Labute approximate surface area is 130 Å². The summed E-state index contributed by atoms with van der Waals surface area (Å²) in [7, 11) is 3.05. The smallest absolute Gasteiger partial charge is 0.261 e. The molecule has 1 aromatic rings. The van der Waals surface area contributed by atoms with E-state index in [0.29, 0.717) is 24.3 Å². The zero-order valence-corrected chi connectivity index (χ0v) is 14.2. The maximum Gasteiger partial charge on any atom is 0.261 e. The van der Waals surface area contributed by atoms with Crippen LogP contribution in [0.2, 0.25) is 0 Å². The number of halogens is 1. The zero-order chi connectivity index (χ0) is 16.2. The highest BCUT2D eigenvalue weighted by Crippen LogP contribution is 2.21. The summed E-state index contributed by atoms with van der Waals surface area (Å²) < 4.78 is 27.9. The molecule has 0 fully saturated rings. The van der Waals surface area contributed by atoms with Gasteiger partial charge in [0, 0.05) is 29.9 Å². The molecule has 0 aromatic heterocycles. The SMILES string of the molecule is CCN(C(=O)c1cc(S(=O)(=O)Cl)ccc1C)C(C)COC. The summed E-state index contributed by atoms with van der Waals surface area (Å²) in [4.78, 5) is 14.2. The number of methoxy groups -OCH3 is 1. The van der Waals surface area contributed by atoms with Crippen molar-refractivity contribution in [2.24, 2.45) is 0 Å². The average Bonchev–Trinajstić information content (AvgIpc) is 2.38. The second-order valence-corrected chi connectivity index (χ2v) is 7.38. The Bertz CT molecular complexity index is 615. The van der Waals surface area contributed by atoms with Crippen molar-refractivity contribution in [3.8, 4) is 0 Å². The molecule has 0 spiro atoms. The number of amides is 1. The number of ether oxygens (including phenoxy) is 1. The highest BCUT2D eigenvalue weighted by molar-refractivity contribution is 8.13. The Morgan fingerprint density at radius 2 is 2.05 bits per heavy atom. The molecule has 118 valence electrons. The summed E-state index contributed by atoms with van der Waals surface area (Å²) >= 11 is 0. The Hall–Kier alpha value is -1.11. The summed E-state index contributed by atoms with van der Waals surface area (Å²) in [5.74, 6) is -0.235. The van der Waals surface area contributed by atoms with E-state index in [4.69, 9.17) is 15.4 Å². The zero-order valence-electron chi connectivity index (χ0n) is 12.6. The molecule has 0 aliphatic carbocycles. The molecule has 7 heteroatoms. The molecule has 0 aliphatic heterocycles. The van der Waals surface area contributed by atoms with E-state index < -0.39 is 9.05 Å². The van der Waals surface area contributed by atoms with Gasteiger partial charge in [-0.05, 0) is 38.5 Å². The van der Waals surface area contributed by atoms with Gasteiger partial charge >= 0.3 is 0 Å². The van der Waals surface area contributed by atoms with Gasteiger partial charge in [-0.15, -0.1) is 0 Å². The first kappa shape index (κ1) is 17.9. The standard InChI is InChI=1S/C14H20ClNO4S/c1-5-16(11(3)9-20-4)14(17)13-8-12(21(15,18)19)7-6-10(13)2/h6-8,11H,5,9H2,1-4H3. The molecule has 1 aromatic carbocycles. The van der Waals surface area contributed by atoms with Crippen molar-refractivity contribution < 1.29 is 17.9 Å². The number of aryl methyl sites for hydroxylation is 1. The monoisotopic (exact) mass is 333 g/mol. The molecular weight excluding hydrogens is 314 g/mol. The first-order chi connectivity index (χ1) is 9.72. The number of rotatable bonds is 6. The molecule has 1 rings (SSSR count).